The van der Waals surface area contributed by atoms with Crippen LogP contribution in [0.2, 0.25) is 0 Å². The zero-order valence-electron chi connectivity index (χ0n) is 14.3. The van der Waals surface area contributed by atoms with Gasteiger partial charge in [-0.3, -0.25) is 9.78 Å². The maximum Gasteiger partial charge on any atom is 0.225 e. The molecule has 25 heavy (non-hydrogen) atoms. The van der Waals surface area contributed by atoms with E-state index in [-0.39, 0.29) is 17.7 Å². The van der Waals surface area contributed by atoms with E-state index >= 15 is 0 Å². The highest BCUT2D eigenvalue weighted by molar-refractivity contribution is 5.80. The molecule has 1 fully saturated rings. The molecule has 0 aliphatic carbocycles. The molecule has 1 amide bonds. The van der Waals surface area contributed by atoms with E-state index in [9.17, 15) is 4.79 Å². The summed E-state index contributed by atoms with van der Waals surface area (Å²) in [6.07, 6.45) is 7.76. The topological polar surface area (TPSA) is 80.2 Å². The van der Waals surface area contributed by atoms with E-state index in [1.54, 1.807) is 38.0 Å². The molecule has 1 aliphatic rings. The molecule has 3 heterocycles. The van der Waals surface area contributed by atoms with Gasteiger partial charge in [0.15, 0.2) is 0 Å². The van der Waals surface area contributed by atoms with E-state index in [1.165, 1.54) is 0 Å². The van der Waals surface area contributed by atoms with Gasteiger partial charge < -0.3 is 15.0 Å². The zero-order valence-corrected chi connectivity index (χ0v) is 14.3. The average Bonchev–Trinajstić information content (AvgIpc) is 3.08. The number of rotatable bonds is 7. The molecule has 1 saturated heterocycles. The molecule has 7 nitrogen and oxygen atoms in total. The van der Waals surface area contributed by atoms with Gasteiger partial charge in [0.25, 0.3) is 0 Å². The highest BCUT2D eigenvalue weighted by Crippen LogP contribution is 2.26. The van der Waals surface area contributed by atoms with Crippen molar-refractivity contribution in [2.24, 2.45) is 11.8 Å². The third-order valence-electron chi connectivity index (χ3n) is 4.46. The van der Waals surface area contributed by atoms with Crippen molar-refractivity contribution < 1.29 is 9.53 Å². The standard InChI is InChI=1S/C18H23N5O2/c1-25-13-15-11-23(18-21-6-2-7-22-18)12-16(15)17(24)20-10-5-14-3-8-19-9-4-14/h2-4,6-9,15-16H,5,10-13H2,1H3,(H,20,24)/t15-,16+/m0/s1. The van der Waals surface area contributed by atoms with Crippen LogP contribution in [0.15, 0.2) is 43.0 Å². The van der Waals surface area contributed by atoms with Gasteiger partial charge in [-0.05, 0) is 30.2 Å². The summed E-state index contributed by atoms with van der Waals surface area (Å²) in [4.78, 5) is 27.3. The molecule has 0 saturated carbocycles. The van der Waals surface area contributed by atoms with E-state index < -0.39 is 0 Å². The molecule has 0 radical (unpaired) electrons. The first-order chi connectivity index (χ1) is 12.3. The molecule has 2 aromatic heterocycles. The van der Waals surface area contributed by atoms with Crippen LogP contribution in [0.5, 0.6) is 0 Å². The molecule has 2 atom stereocenters. The van der Waals surface area contributed by atoms with Crippen LogP contribution in [-0.2, 0) is 16.0 Å². The largest absolute Gasteiger partial charge is 0.384 e. The lowest BCUT2D eigenvalue weighted by Crippen LogP contribution is -2.37. The summed E-state index contributed by atoms with van der Waals surface area (Å²) in [5.74, 6) is 0.737. The van der Waals surface area contributed by atoms with Gasteiger partial charge in [0.2, 0.25) is 11.9 Å². The van der Waals surface area contributed by atoms with Crippen LogP contribution in [0, 0.1) is 11.8 Å². The SMILES string of the molecule is COC[C@@H]1CN(c2ncccn2)C[C@H]1C(=O)NCCc1ccncc1. The summed E-state index contributed by atoms with van der Waals surface area (Å²) >= 11 is 0. The predicted octanol–water partition coefficient (Wildman–Crippen LogP) is 0.929. The van der Waals surface area contributed by atoms with Gasteiger partial charge >= 0.3 is 0 Å². The highest BCUT2D eigenvalue weighted by Gasteiger charge is 2.38. The number of anilines is 1. The minimum absolute atomic E-state index is 0.0644. The highest BCUT2D eigenvalue weighted by atomic mass is 16.5. The number of carbonyl (C=O) groups excluding carboxylic acids is 1. The third-order valence-corrected chi connectivity index (χ3v) is 4.46. The molecule has 0 aromatic carbocycles. The van der Waals surface area contributed by atoms with E-state index in [0.717, 1.165) is 18.5 Å². The number of nitrogens with zero attached hydrogens (tertiary/aromatic N) is 4. The van der Waals surface area contributed by atoms with Crippen LogP contribution in [0.3, 0.4) is 0 Å². The summed E-state index contributed by atoms with van der Waals surface area (Å²) in [5.41, 5.74) is 1.16. The Kier molecular flexibility index (Phi) is 5.90. The van der Waals surface area contributed by atoms with Gasteiger partial charge in [-0.25, -0.2) is 9.97 Å². The summed E-state index contributed by atoms with van der Waals surface area (Å²) in [5, 5.41) is 3.05. The van der Waals surface area contributed by atoms with Gasteiger partial charge in [-0.1, -0.05) is 0 Å². The van der Waals surface area contributed by atoms with Crippen molar-refractivity contribution in [1.82, 2.24) is 20.3 Å². The fraction of sp³-hybridized carbons (Fsp3) is 0.444. The van der Waals surface area contributed by atoms with Crippen molar-refractivity contribution in [3.8, 4) is 0 Å². The van der Waals surface area contributed by atoms with Crippen molar-refractivity contribution in [2.75, 3.05) is 38.3 Å². The molecule has 7 heteroatoms. The van der Waals surface area contributed by atoms with E-state index in [0.29, 0.717) is 25.6 Å². The summed E-state index contributed by atoms with van der Waals surface area (Å²) < 4.78 is 5.31. The second kappa shape index (κ2) is 8.53. The zero-order chi connectivity index (χ0) is 17.5. The molecule has 0 bridgehead atoms. The van der Waals surface area contributed by atoms with Crippen LogP contribution < -0.4 is 10.2 Å². The Bertz CT molecular complexity index is 668. The molecule has 132 valence electrons. The normalized spacial score (nSPS) is 19.8. The fourth-order valence-electron chi connectivity index (χ4n) is 3.18. The Labute approximate surface area is 147 Å². The van der Waals surface area contributed by atoms with Gasteiger partial charge in [0, 0.05) is 57.4 Å². The number of aromatic nitrogens is 3. The van der Waals surface area contributed by atoms with Crippen molar-refractivity contribution in [3.63, 3.8) is 0 Å². The maximum atomic E-state index is 12.7. The van der Waals surface area contributed by atoms with Crippen LogP contribution >= 0.6 is 0 Å². The number of amides is 1. The molecule has 1 N–H and O–H groups in total. The number of hydrogen-bond acceptors (Lipinski definition) is 6. The number of nitrogens with one attached hydrogen (secondary N) is 1. The Morgan fingerprint density at radius 2 is 2.00 bits per heavy atom. The van der Waals surface area contributed by atoms with Crippen molar-refractivity contribution in [2.45, 2.75) is 6.42 Å². The van der Waals surface area contributed by atoms with Crippen molar-refractivity contribution in [3.05, 3.63) is 48.5 Å². The number of hydrogen-bond donors (Lipinski definition) is 1. The average molecular weight is 341 g/mol. The number of ether oxygens (including phenoxy) is 1. The van der Waals surface area contributed by atoms with Crippen molar-refractivity contribution >= 4 is 11.9 Å². The Morgan fingerprint density at radius 3 is 2.72 bits per heavy atom. The van der Waals surface area contributed by atoms with Crippen LogP contribution in [0.1, 0.15) is 5.56 Å². The molecule has 3 rings (SSSR count). The summed E-state index contributed by atoms with van der Waals surface area (Å²) in [7, 11) is 1.67. The first kappa shape index (κ1) is 17.3. The first-order valence-corrected chi connectivity index (χ1v) is 8.45. The van der Waals surface area contributed by atoms with E-state index in [2.05, 4.69) is 25.2 Å². The lowest BCUT2D eigenvalue weighted by Gasteiger charge is -2.16. The quantitative estimate of drug-likeness (QED) is 0.807. The molecule has 0 unspecified atom stereocenters. The second-order valence-electron chi connectivity index (χ2n) is 6.17. The maximum absolute atomic E-state index is 12.7. The van der Waals surface area contributed by atoms with Crippen molar-refractivity contribution in [1.29, 1.82) is 0 Å². The monoisotopic (exact) mass is 341 g/mol. The fourth-order valence-corrected chi connectivity index (χ4v) is 3.18. The Morgan fingerprint density at radius 1 is 1.24 bits per heavy atom. The molecule has 2 aromatic rings. The molecular weight excluding hydrogens is 318 g/mol. The number of methoxy groups -OCH3 is 1. The Hall–Kier alpha value is -2.54. The summed E-state index contributed by atoms with van der Waals surface area (Å²) in [6, 6.07) is 5.71. The molecular formula is C18H23N5O2. The lowest BCUT2D eigenvalue weighted by molar-refractivity contribution is -0.126. The third kappa shape index (κ3) is 4.51. The minimum Gasteiger partial charge on any atom is -0.384 e. The molecule has 0 spiro atoms. The smallest absolute Gasteiger partial charge is 0.225 e. The van der Waals surface area contributed by atoms with Crippen LogP contribution in [-0.4, -0.2) is 54.2 Å². The summed E-state index contributed by atoms with van der Waals surface area (Å²) in [6.45, 7) is 2.49. The first-order valence-electron chi connectivity index (χ1n) is 8.45. The van der Waals surface area contributed by atoms with Gasteiger partial charge in [0.1, 0.15) is 0 Å². The Balaban J connectivity index is 1.57. The van der Waals surface area contributed by atoms with E-state index in [1.807, 2.05) is 12.1 Å². The lowest BCUT2D eigenvalue weighted by atomic mass is 9.96. The molecule has 1 aliphatic heterocycles. The number of pyridine rings is 1. The van der Waals surface area contributed by atoms with Gasteiger partial charge in [-0.15, -0.1) is 0 Å². The van der Waals surface area contributed by atoms with Crippen LogP contribution in [0.25, 0.3) is 0 Å². The second-order valence-corrected chi connectivity index (χ2v) is 6.17. The minimum atomic E-state index is -0.124. The van der Waals surface area contributed by atoms with E-state index in [4.69, 9.17) is 4.74 Å². The predicted molar refractivity (Wildman–Crippen MR) is 94.1 cm³/mol. The van der Waals surface area contributed by atoms with Gasteiger partial charge in [0.05, 0.1) is 12.5 Å². The van der Waals surface area contributed by atoms with Crippen LogP contribution in [0.4, 0.5) is 5.95 Å². The van der Waals surface area contributed by atoms with Gasteiger partial charge in [-0.2, -0.15) is 0 Å². The number of carbonyl (C=O) groups is 1.